The predicted octanol–water partition coefficient (Wildman–Crippen LogP) is 1.12. The number of primary amides is 1. The summed E-state index contributed by atoms with van der Waals surface area (Å²) in [5.41, 5.74) is 6.50. The van der Waals surface area contributed by atoms with E-state index in [9.17, 15) is 4.79 Å². The van der Waals surface area contributed by atoms with Gasteiger partial charge < -0.3 is 19.9 Å². The standard InChI is InChI=1S/C15H20N2O4/c1-19-12-5-10(6-13-14(12)21-9-20-13)7-17-4-2-3-11(8-17)15(16)18/h5-6,11H,2-4,7-9H2,1H3,(H2,16,18). The third-order valence-corrected chi connectivity index (χ3v) is 4.03. The lowest BCUT2D eigenvalue weighted by Gasteiger charge is -2.31. The van der Waals surface area contributed by atoms with E-state index in [1.54, 1.807) is 7.11 Å². The van der Waals surface area contributed by atoms with Crippen LogP contribution in [0.25, 0.3) is 0 Å². The minimum atomic E-state index is -0.206. The summed E-state index contributed by atoms with van der Waals surface area (Å²) < 4.78 is 16.2. The fraction of sp³-hybridized carbons (Fsp3) is 0.533. The highest BCUT2D eigenvalue weighted by atomic mass is 16.7. The number of carbonyl (C=O) groups is 1. The number of methoxy groups -OCH3 is 1. The SMILES string of the molecule is COc1cc(CN2CCCC(C(N)=O)C2)cc2c1OCO2. The summed E-state index contributed by atoms with van der Waals surface area (Å²) in [6.45, 7) is 2.66. The van der Waals surface area contributed by atoms with Crippen LogP contribution in [-0.4, -0.2) is 37.8 Å². The van der Waals surface area contributed by atoms with Crippen molar-refractivity contribution in [2.45, 2.75) is 19.4 Å². The lowest BCUT2D eigenvalue weighted by molar-refractivity contribution is -0.123. The van der Waals surface area contributed by atoms with Crippen molar-refractivity contribution >= 4 is 5.91 Å². The minimum absolute atomic E-state index is 0.0466. The lowest BCUT2D eigenvalue weighted by Crippen LogP contribution is -2.40. The third kappa shape index (κ3) is 2.90. The number of piperidine rings is 1. The predicted molar refractivity (Wildman–Crippen MR) is 76.3 cm³/mol. The topological polar surface area (TPSA) is 74.0 Å². The Morgan fingerprint density at radius 3 is 3.10 bits per heavy atom. The molecule has 1 fully saturated rings. The molecule has 0 saturated carbocycles. The van der Waals surface area contributed by atoms with Crippen LogP contribution in [-0.2, 0) is 11.3 Å². The van der Waals surface area contributed by atoms with Crippen LogP contribution >= 0.6 is 0 Å². The molecule has 1 saturated heterocycles. The summed E-state index contributed by atoms with van der Waals surface area (Å²) in [6.07, 6.45) is 1.88. The second-order valence-electron chi connectivity index (χ2n) is 5.51. The van der Waals surface area contributed by atoms with Crippen molar-refractivity contribution < 1.29 is 19.0 Å². The fourth-order valence-electron chi connectivity index (χ4n) is 2.96. The molecule has 2 aliphatic rings. The van der Waals surface area contributed by atoms with Crippen molar-refractivity contribution in [1.82, 2.24) is 4.90 Å². The minimum Gasteiger partial charge on any atom is -0.493 e. The highest BCUT2D eigenvalue weighted by Gasteiger charge is 2.25. The van der Waals surface area contributed by atoms with E-state index in [4.69, 9.17) is 19.9 Å². The smallest absolute Gasteiger partial charge is 0.231 e. The normalized spacial score (nSPS) is 21.3. The van der Waals surface area contributed by atoms with E-state index in [1.165, 1.54) is 0 Å². The molecule has 1 atom stereocenters. The number of carbonyl (C=O) groups excluding carboxylic acids is 1. The van der Waals surface area contributed by atoms with E-state index in [1.807, 2.05) is 12.1 Å². The van der Waals surface area contributed by atoms with Gasteiger partial charge in [0.2, 0.25) is 18.4 Å². The second kappa shape index (κ2) is 5.81. The van der Waals surface area contributed by atoms with Gasteiger partial charge in [0, 0.05) is 13.1 Å². The maximum Gasteiger partial charge on any atom is 0.231 e. The van der Waals surface area contributed by atoms with Crippen LogP contribution < -0.4 is 19.9 Å². The van der Waals surface area contributed by atoms with Crippen molar-refractivity contribution in [2.24, 2.45) is 11.7 Å². The number of hydrogen-bond donors (Lipinski definition) is 1. The Kier molecular flexibility index (Phi) is 3.88. The molecule has 0 radical (unpaired) electrons. The van der Waals surface area contributed by atoms with Gasteiger partial charge in [-0.3, -0.25) is 9.69 Å². The average molecular weight is 292 g/mol. The molecule has 0 aromatic heterocycles. The molecule has 0 aliphatic carbocycles. The number of nitrogens with two attached hydrogens (primary N) is 1. The first kappa shape index (κ1) is 14.0. The number of ether oxygens (including phenoxy) is 3. The molecule has 6 nitrogen and oxygen atoms in total. The van der Waals surface area contributed by atoms with Gasteiger partial charge in [0.15, 0.2) is 11.5 Å². The van der Waals surface area contributed by atoms with E-state index in [2.05, 4.69) is 4.90 Å². The molecule has 1 aromatic rings. The molecule has 1 amide bonds. The average Bonchev–Trinajstić information content (AvgIpc) is 2.95. The van der Waals surface area contributed by atoms with Crippen LogP contribution in [0.2, 0.25) is 0 Å². The van der Waals surface area contributed by atoms with Gasteiger partial charge in [-0.05, 0) is 37.1 Å². The van der Waals surface area contributed by atoms with Gasteiger partial charge in [-0.15, -0.1) is 0 Å². The second-order valence-corrected chi connectivity index (χ2v) is 5.51. The number of rotatable bonds is 4. The van der Waals surface area contributed by atoms with E-state index in [0.717, 1.165) is 31.5 Å². The Balaban J connectivity index is 1.74. The van der Waals surface area contributed by atoms with Crippen molar-refractivity contribution in [3.63, 3.8) is 0 Å². The first-order valence-corrected chi connectivity index (χ1v) is 7.15. The molecule has 1 aromatic carbocycles. The Hall–Kier alpha value is -1.95. The highest BCUT2D eigenvalue weighted by molar-refractivity contribution is 5.76. The van der Waals surface area contributed by atoms with E-state index < -0.39 is 0 Å². The zero-order chi connectivity index (χ0) is 14.8. The van der Waals surface area contributed by atoms with E-state index in [0.29, 0.717) is 23.8 Å². The molecular weight excluding hydrogens is 272 g/mol. The summed E-state index contributed by atoms with van der Waals surface area (Å²) >= 11 is 0. The van der Waals surface area contributed by atoms with Crippen LogP contribution in [0.15, 0.2) is 12.1 Å². The lowest BCUT2D eigenvalue weighted by atomic mass is 9.97. The Morgan fingerprint density at radius 1 is 1.48 bits per heavy atom. The van der Waals surface area contributed by atoms with Gasteiger partial charge in [0.25, 0.3) is 0 Å². The number of benzene rings is 1. The molecule has 2 N–H and O–H groups in total. The molecule has 6 heteroatoms. The number of hydrogen-bond acceptors (Lipinski definition) is 5. The molecular formula is C15H20N2O4. The van der Waals surface area contributed by atoms with Crippen LogP contribution in [0.5, 0.6) is 17.2 Å². The van der Waals surface area contributed by atoms with Crippen molar-refractivity contribution in [1.29, 1.82) is 0 Å². The van der Waals surface area contributed by atoms with Gasteiger partial charge in [-0.2, -0.15) is 0 Å². The zero-order valence-electron chi connectivity index (χ0n) is 12.1. The quantitative estimate of drug-likeness (QED) is 0.900. The Bertz CT molecular complexity index is 547. The first-order valence-electron chi connectivity index (χ1n) is 7.15. The van der Waals surface area contributed by atoms with Crippen LogP contribution in [0.4, 0.5) is 0 Å². The Labute approximate surface area is 123 Å². The van der Waals surface area contributed by atoms with Crippen molar-refractivity contribution in [3.05, 3.63) is 17.7 Å². The zero-order valence-corrected chi connectivity index (χ0v) is 12.1. The fourth-order valence-corrected chi connectivity index (χ4v) is 2.96. The number of amides is 1. The maximum atomic E-state index is 11.3. The largest absolute Gasteiger partial charge is 0.493 e. The summed E-state index contributed by atoms with van der Waals surface area (Å²) in [7, 11) is 1.62. The van der Waals surface area contributed by atoms with Gasteiger partial charge in [-0.1, -0.05) is 0 Å². The molecule has 0 bridgehead atoms. The Morgan fingerprint density at radius 2 is 2.33 bits per heavy atom. The van der Waals surface area contributed by atoms with Gasteiger partial charge in [0.1, 0.15) is 0 Å². The number of fused-ring (bicyclic) bond motifs is 1. The van der Waals surface area contributed by atoms with Crippen LogP contribution in [0, 0.1) is 5.92 Å². The van der Waals surface area contributed by atoms with Crippen LogP contribution in [0.3, 0.4) is 0 Å². The molecule has 0 spiro atoms. The molecule has 1 unspecified atom stereocenters. The molecule has 2 aliphatic heterocycles. The van der Waals surface area contributed by atoms with Gasteiger partial charge in [-0.25, -0.2) is 0 Å². The van der Waals surface area contributed by atoms with Crippen LogP contribution in [0.1, 0.15) is 18.4 Å². The van der Waals surface area contributed by atoms with Crippen molar-refractivity contribution in [2.75, 3.05) is 27.0 Å². The monoisotopic (exact) mass is 292 g/mol. The molecule has 114 valence electrons. The number of nitrogens with zero attached hydrogens (tertiary/aromatic N) is 1. The van der Waals surface area contributed by atoms with E-state index in [-0.39, 0.29) is 18.6 Å². The third-order valence-electron chi connectivity index (χ3n) is 4.03. The van der Waals surface area contributed by atoms with Gasteiger partial charge in [0.05, 0.1) is 13.0 Å². The molecule has 21 heavy (non-hydrogen) atoms. The highest BCUT2D eigenvalue weighted by Crippen LogP contribution is 2.42. The van der Waals surface area contributed by atoms with Gasteiger partial charge >= 0.3 is 0 Å². The summed E-state index contributed by atoms with van der Waals surface area (Å²) in [5, 5.41) is 0. The summed E-state index contributed by atoms with van der Waals surface area (Å²) in [6, 6.07) is 3.93. The summed E-state index contributed by atoms with van der Waals surface area (Å²) in [5.74, 6) is 1.81. The summed E-state index contributed by atoms with van der Waals surface area (Å²) in [4.78, 5) is 13.6. The first-order chi connectivity index (χ1) is 10.2. The molecule has 3 rings (SSSR count). The van der Waals surface area contributed by atoms with Crippen molar-refractivity contribution in [3.8, 4) is 17.2 Å². The number of likely N-dealkylation sites (tertiary alicyclic amines) is 1. The maximum absolute atomic E-state index is 11.3. The molecule has 2 heterocycles. The van der Waals surface area contributed by atoms with E-state index >= 15 is 0 Å².